The zero-order chi connectivity index (χ0) is 22.5. The van der Waals surface area contributed by atoms with Crippen LogP contribution in [0, 0.1) is 5.82 Å². The molecule has 3 rings (SSSR count). The standard InChI is InChI=1S/C21H20FN3O5S/c1-4-29-18-11-15(19-25(13(3)27)24-21(31-19)23-12(2)26)7-10-17(18)30-20(28)14-5-8-16(22)9-6-14/h5-11,19H,4H2,1-3H3,(H,23,24,26)/t19-/m1/s1. The van der Waals surface area contributed by atoms with E-state index in [1.165, 1.54) is 54.9 Å². The van der Waals surface area contributed by atoms with Crippen LogP contribution in [0.25, 0.3) is 0 Å². The van der Waals surface area contributed by atoms with Crippen molar-refractivity contribution in [3.8, 4) is 11.5 Å². The van der Waals surface area contributed by atoms with E-state index in [0.717, 1.165) is 0 Å². The Hall–Kier alpha value is -3.40. The van der Waals surface area contributed by atoms with Crippen LogP contribution in [0.15, 0.2) is 47.6 Å². The first-order valence-electron chi connectivity index (χ1n) is 9.35. The molecule has 0 aromatic heterocycles. The van der Waals surface area contributed by atoms with E-state index in [1.54, 1.807) is 25.1 Å². The smallest absolute Gasteiger partial charge is 0.343 e. The molecular formula is C21H20FN3O5S. The molecule has 1 atom stereocenters. The number of nitrogens with one attached hydrogen (secondary N) is 1. The number of thioether (sulfide) groups is 1. The van der Waals surface area contributed by atoms with Crippen molar-refractivity contribution < 1.29 is 28.2 Å². The van der Waals surface area contributed by atoms with Gasteiger partial charge in [-0.2, -0.15) is 0 Å². The normalized spacial score (nSPS) is 15.3. The van der Waals surface area contributed by atoms with E-state index in [9.17, 15) is 18.8 Å². The molecule has 0 bridgehead atoms. The van der Waals surface area contributed by atoms with E-state index in [-0.39, 0.29) is 23.1 Å². The highest BCUT2D eigenvalue weighted by atomic mass is 32.2. The topological polar surface area (TPSA) is 97.3 Å². The second-order valence-electron chi connectivity index (χ2n) is 6.46. The van der Waals surface area contributed by atoms with Crippen LogP contribution >= 0.6 is 11.8 Å². The number of hydrogen-bond donors (Lipinski definition) is 1. The number of hydrogen-bond acceptors (Lipinski definition) is 7. The Labute approximate surface area is 182 Å². The molecule has 2 aromatic rings. The summed E-state index contributed by atoms with van der Waals surface area (Å²) >= 11 is 1.20. The molecule has 1 aliphatic heterocycles. The van der Waals surface area contributed by atoms with Crippen LogP contribution in [0.2, 0.25) is 0 Å². The zero-order valence-corrected chi connectivity index (χ0v) is 17.9. The first-order chi connectivity index (χ1) is 14.8. The summed E-state index contributed by atoms with van der Waals surface area (Å²) in [6, 6.07) is 9.87. The van der Waals surface area contributed by atoms with Crippen molar-refractivity contribution in [2.45, 2.75) is 26.1 Å². The zero-order valence-electron chi connectivity index (χ0n) is 17.0. The van der Waals surface area contributed by atoms with E-state index in [4.69, 9.17) is 9.47 Å². The Kier molecular flexibility index (Phi) is 6.91. The molecule has 0 saturated carbocycles. The minimum absolute atomic E-state index is 0.181. The minimum atomic E-state index is -0.661. The van der Waals surface area contributed by atoms with Crippen LogP contribution in [0.3, 0.4) is 0 Å². The molecule has 1 aliphatic rings. The number of amides is 2. The molecular weight excluding hydrogens is 425 g/mol. The van der Waals surface area contributed by atoms with Gasteiger partial charge in [0.15, 0.2) is 16.7 Å². The third-order valence-corrected chi connectivity index (χ3v) is 5.19. The number of hydrazone groups is 1. The van der Waals surface area contributed by atoms with Gasteiger partial charge in [0.25, 0.3) is 0 Å². The van der Waals surface area contributed by atoms with Gasteiger partial charge in [0, 0.05) is 13.8 Å². The SMILES string of the molecule is CCOc1cc([C@H]2SC(NC(C)=O)=NN2C(C)=O)ccc1OC(=O)c1ccc(F)cc1. The van der Waals surface area contributed by atoms with Crippen molar-refractivity contribution in [3.63, 3.8) is 0 Å². The number of nitrogens with zero attached hydrogens (tertiary/aromatic N) is 2. The molecule has 31 heavy (non-hydrogen) atoms. The average molecular weight is 445 g/mol. The molecule has 0 aliphatic carbocycles. The molecule has 1 heterocycles. The molecule has 10 heteroatoms. The van der Waals surface area contributed by atoms with Gasteiger partial charge >= 0.3 is 5.97 Å². The minimum Gasteiger partial charge on any atom is -0.490 e. The van der Waals surface area contributed by atoms with Gasteiger partial charge in [-0.1, -0.05) is 17.8 Å². The number of amidine groups is 1. The van der Waals surface area contributed by atoms with Gasteiger partial charge in [-0.05, 0) is 48.9 Å². The van der Waals surface area contributed by atoms with Gasteiger partial charge in [0.1, 0.15) is 11.2 Å². The number of benzene rings is 2. The fourth-order valence-corrected chi connectivity index (χ4v) is 3.88. The Bertz CT molecular complexity index is 1040. The lowest BCUT2D eigenvalue weighted by Crippen LogP contribution is -2.25. The largest absolute Gasteiger partial charge is 0.490 e. The molecule has 0 fully saturated rings. The summed E-state index contributed by atoms with van der Waals surface area (Å²) in [5, 5.41) is 7.76. The average Bonchev–Trinajstić information content (AvgIpc) is 3.13. The molecule has 0 radical (unpaired) electrons. The Balaban J connectivity index is 1.86. The second-order valence-corrected chi connectivity index (χ2v) is 7.52. The van der Waals surface area contributed by atoms with Crippen molar-refractivity contribution in [3.05, 3.63) is 59.4 Å². The molecule has 8 nitrogen and oxygen atoms in total. The summed E-state index contributed by atoms with van der Waals surface area (Å²) in [4.78, 5) is 35.8. The number of rotatable bonds is 5. The van der Waals surface area contributed by atoms with Gasteiger partial charge in [-0.3, -0.25) is 9.59 Å². The van der Waals surface area contributed by atoms with Crippen LogP contribution in [0.1, 0.15) is 42.1 Å². The number of ether oxygens (including phenoxy) is 2. The maximum Gasteiger partial charge on any atom is 0.343 e. The van der Waals surface area contributed by atoms with E-state index in [1.807, 2.05) is 0 Å². The first kappa shape index (κ1) is 22.3. The van der Waals surface area contributed by atoms with E-state index < -0.39 is 17.2 Å². The third kappa shape index (κ3) is 5.40. The Morgan fingerprint density at radius 3 is 2.45 bits per heavy atom. The quantitative estimate of drug-likeness (QED) is 0.559. The summed E-state index contributed by atoms with van der Waals surface area (Å²) in [7, 11) is 0. The van der Waals surface area contributed by atoms with Crippen molar-refractivity contribution in [1.82, 2.24) is 10.3 Å². The molecule has 0 unspecified atom stereocenters. The van der Waals surface area contributed by atoms with E-state index >= 15 is 0 Å². The number of esters is 1. The predicted octanol–water partition coefficient (Wildman–Crippen LogP) is 3.44. The van der Waals surface area contributed by atoms with Crippen LogP contribution in [0.5, 0.6) is 11.5 Å². The van der Waals surface area contributed by atoms with Gasteiger partial charge in [0.2, 0.25) is 11.8 Å². The maximum absolute atomic E-state index is 13.1. The monoisotopic (exact) mass is 445 g/mol. The van der Waals surface area contributed by atoms with Crippen LogP contribution in [-0.4, -0.2) is 34.6 Å². The van der Waals surface area contributed by atoms with Crippen LogP contribution in [0.4, 0.5) is 4.39 Å². The fourth-order valence-electron chi connectivity index (χ4n) is 2.75. The highest BCUT2D eigenvalue weighted by molar-refractivity contribution is 8.14. The predicted molar refractivity (Wildman–Crippen MR) is 113 cm³/mol. The Morgan fingerprint density at radius 2 is 1.84 bits per heavy atom. The van der Waals surface area contributed by atoms with Crippen molar-refractivity contribution in [1.29, 1.82) is 0 Å². The lowest BCUT2D eigenvalue weighted by atomic mass is 10.2. The molecule has 162 valence electrons. The molecule has 0 spiro atoms. The summed E-state index contributed by atoms with van der Waals surface area (Å²) < 4.78 is 24.1. The number of halogens is 1. The van der Waals surface area contributed by atoms with Crippen molar-refractivity contribution in [2.24, 2.45) is 5.10 Å². The van der Waals surface area contributed by atoms with Gasteiger partial charge in [-0.15, -0.1) is 5.10 Å². The highest BCUT2D eigenvalue weighted by Gasteiger charge is 2.33. The van der Waals surface area contributed by atoms with Crippen molar-refractivity contribution in [2.75, 3.05) is 6.61 Å². The maximum atomic E-state index is 13.1. The molecule has 0 saturated heterocycles. The lowest BCUT2D eigenvalue weighted by molar-refractivity contribution is -0.129. The molecule has 2 amide bonds. The first-order valence-corrected chi connectivity index (χ1v) is 10.2. The van der Waals surface area contributed by atoms with Gasteiger partial charge < -0.3 is 14.8 Å². The third-order valence-electron chi connectivity index (χ3n) is 4.08. The van der Waals surface area contributed by atoms with E-state index in [0.29, 0.717) is 23.1 Å². The molecule has 2 aromatic carbocycles. The lowest BCUT2D eigenvalue weighted by Gasteiger charge is -2.20. The highest BCUT2D eigenvalue weighted by Crippen LogP contribution is 2.41. The number of carbonyl (C=O) groups excluding carboxylic acids is 3. The summed E-state index contributed by atoms with van der Waals surface area (Å²) in [5.74, 6) is -1.24. The summed E-state index contributed by atoms with van der Waals surface area (Å²) in [6.07, 6.45) is 0. The summed E-state index contributed by atoms with van der Waals surface area (Å²) in [5.41, 5.74) is 0.852. The Morgan fingerprint density at radius 1 is 1.13 bits per heavy atom. The van der Waals surface area contributed by atoms with E-state index in [2.05, 4.69) is 10.4 Å². The second kappa shape index (κ2) is 9.61. The fraction of sp³-hybridized carbons (Fsp3) is 0.238. The van der Waals surface area contributed by atoms with Crippen LogP contribution < -0.4 is 14.8 Å². The van der Waals surface area contributed by atoms with Crippen molar-refractivity contribution >= 4 is 34.7 Å². The van der Waals surface area contributed by atoms with Crippen LogP contribution in [-0.2, 0) is 9.59 Å². The number of carbonyl (C=O) groups is 3. The molecule has 1 N–H and O–H groups in total. The summed E-state index contributed by atoms with van der Waals surface area (Å²) in [6.45, 7) is 4.82. The van der Waals surface area contributed by atoms with Gasteiger partial charge in [-0.25, -0.2) is 14.2 Å². The van der Waals surface area contributed by atoms with Gasteiger partial charge in [0.05, 0.1) is 12.2 Å².